The Morgan fingerprint density at radius 1 is 1.11 bits per heavy atom. The summed E-state index contributed by atoms with van der Waals surface area (Å²) in [5.41, 5.74) is 2.66. The van der Waals surface area contributed by atoms with Crippen LogP contribution in [0.3, 0.4) is 0 Å². The summed E-state index contributed by atoms with van der Waals surface area (Å²) in [5, 5.41) is 3.07. The average molecular weight is 498 g/mol. The summed E-state index contributed by atoms with van der Waals surface area (Å²) in [6.45, 7) is 2.69. The molecule has 2 aromatic rings. The van der Waals surface area contributed by atoms with E-state index in [4.69, 9.17) is 4.74 Å². The van der Waals surface area contributed by atoms with Crippen molar-refractivity contribution in [2.24, 2.45) is 5.92 Å². The van der Waals surface area contributed by atoms with Crippen LogP contribution in [0.25, 0.3) is 0 Å². The molecule has 0 unspecified atom stereocenters. The average Bonchev–Trinajstić information content (AvgIpc) is 2.86. The lowest BCUT2D eigenvalue weighted by Crippen LogP contribution is -2.46. The number of sulfonamides is 1. The minimum Gasteiger partial charge on any atom is -0.482 e. The Morgan fingerprint density at radius 3 is 2.69 bits per heavy atom. The minimum absolute atomic E-state index is 0.101. The predicted molar refractivity (Wildman–Crippen MR) is 132 cm³/mol. The predicted octanol–water partition coefficient (Wildman–Crippen LogP) is 3.03. The molecule has 0 radical (unpaired) electrons. The van der Waals surface area contributed by atoms with Crippen LogP contribution in [0, 0.1) is 5.92 Å². The van der Waals surface area contributed by atoms with Gasteiger partial charge in [-0.1, -0.05) is 31.2 Å². The van der Waals surface area contributed by atoms with Gasteiger partial charge in [-0.25, -0.2) is 8.42 Å². The maximum Gasteiger partial charge on any atom is 0.265 e. The summed E-state index contributed by atoms with van der Waals surface area (Å²) in [4.78, 5) is 27.2. The number of hydrogen-bond acceptors (Lipinski definition) is 5. The molecule has 9 heteroatoms. The van der Waals surface area contributed by atoms with E-state index in [0.29, 0.717) is 30.4 Å². The van der Waals surface area contributed by atoms with Crippen LogP contribution in [-0.4, -0.2) is 50.8 Å². The standard InChI is InChI=1S/C26H31N3O5S/c1-18-11-13-28(14-12-18)35(32,33)20-9-10-24-23(15-20)29(26(31)17-34-24)16-25(30)27-22-8-4-6-19-5-2-3-7-21(19)22/h2-3,5,7,9-10,15,18,22H,4,6,8,11-14,16-17H2,1H3,(H,27,30)/t22-/m1/s1. The smallest absolute Gasteiger partial charge is 0.265 e. The van der Waals surface area contributed by atoms with E-state index in [-0.39, 0.29) is 35.9 Å². The first-order valence-corrected chi connectivity index (χ1v) is 13.7. The summed E-state index contributed by atoms with van der Waals surface area (Å²) >= 11 is 0. The van der Waals surface area contributed by atoms with Gasteiger partial charge in [-0.05, 0) is 67.3 Å². The van der Waals surface area contributed by atoms with Gasteiger partial charge < -0.3 is 10.1 Å². The number of nitrogens with one attached hydrogen (secondary N) is 1. The van der Waals surface area contributed by atoms with Crippen molar-refractivity contribution in [3.05, 3.63) is 53.6 Å². The molecular weight excluding hydrogens is 466 g/mol. The Bertz CT molecular complexity index is 1240. The Hall–Kier alpha value is -2.91. The van der Waals surface area contributed by atoms with Crippen LogP contribution >= 0.6 is 0 Å². The number of carbonyl (C=O) groups is 2. The van der Waals surface area contributed by atoms with Gasteiger partial charge in [0, 0.05) is 13.1 Å². The molecule has 1 N–H and O–H groups in total. The number of anilines is 1. The summed E-state index contributed by atoms with van der Waals surface area (Å²) in [6, 6.07) is 12.5. The lowest BCUT2D eigenvalue weighted by atomic mass is 9.88. The first-order chi connectivity index (χ1) is 16.8. The SMILES string of the molecule is CC1CCN(S(=O)(=O)c2ccc3c(c2)N(CC(=O)N[C@@H]2CCCc4ccccc42)C(=O)CO3)CC1. The molecule has 1 fully saturated rings. The number of piperidine rings is 1. The van der Waals surface area contributed by atoms with Gasteiger partial charge in [0.15, 0.2) is 6.61 Å². The van der Waals surface area contributed by atoms with Gasteiger partial charge in [-0.2, -0.15) is 4.31 Å². The molecule has 1 atom stereocenters. The normalized spacial score (nSPS) is 21.1. The zero-order valence-electron chi connectivity index (χ0n) is 19.9. The van der Waals surface area contributed by atoms with Gasteiger partial charge >= 0.3 is 0 Å². The lowest BCUT2D eigenvalue weighted by Gasteiger charge is -2.32. The first-order valence-electron chi connectivity index (χ1n) is 12.3. The van der Waals surface area contributed by atoms with Crippen molar-refractivity contribution in [3.8, 4) is 5.75 Å². The molecular formula is C26H31N3O5S. The Morgan fingerprint density at radius 2 is 1.89 bits per heavy atom. The summed E-state index contributed by atoms with van der Waals surface area (Å²) in [7, 11) is -3.71. The van der Waals surface area contributed by atoms with E-state index in [1.165, 1.54) is 26.9 Å². The quantitative estimate of drug-likeness (QED) is 0.685. The lowest BCUT2D eigenvalue weighted by molar-refractivity contribution is -0.125. The van der Waals surface area contributed by atoms with Gasteiger partial charge in [0.05, 0.1) is 16.6 Å². The second-order valence-electron chi connectivity index (χ2n) is 9.70. The van der Waals surface area contributed by atoms with Crippen molar-refractivity contribution in [2.45, 2.75) is 50.0 Å². The van der Waals surface area contributed by atoms with Gasteiger partial charge in [-0.3, -0.25) is 14.5 Å². The number of fused-ring (bicyclic) bond motifs is 2. The number of hydrogen-bond donors (Lipinski definition) is 1. The van der Waals surface area contributed by atoms with Crippen molar-refractivity contribution in [1.82, 2.24) is 9.62 Å². The van der Waals surface area contributed by atoms with Crippen molar-refractivity contribution < 1.29 is 22.7 Å². The van der Waals surface area contributed by atoms with Crippen molar-refractivity contribution >= 4 is 27.5 Å². The fourth-order valence-electron chi connectivity index (χ4n) is 5.18. The molecule has 2 aliphatic heterocycles. The number of aryl methyl sites for hydroxylation is 1. The highest BCUT2D eigenvalue weighted by Gasteiger charge is 2.33. The third-order valence-corrected chi connectivity index (χ3v) is 9.15. The summed E-state index contributed by atoms with van der Waals surface area (Å²) in [5.74, 6) is 0.233. The monoisotopic (exact) mass is 497 g/mol. The number of benzene rings is 2. The van der Waals surface area contributed by atoms with E-state index in [2.05, 4.69) is 18.3 Å². The zero-order chi connectivity index (χ0) is 24.6. The highest BCUT2D eigenvalue weighted by atomic mass is 32.2. The van der Waals surface area contributed by atoms with Crippen molar-refractivity contribution in [3.63, 3.8) is 0 Å². The van der Waals surface area contributed by atoms with Gasteiger partial charge in [-0.15, -0.1) is 0 Å². The van der Waals surface area contributed by atoms with E-state index in [0.717, 1.165) is 37.7 Å². The minimum atomic E-state index is -3.71. The zero-order valence-corrected chi connectivity index (χ0v) is 20.7. The Labute approximate surface area is 206 Å². The fourth-order valence-corrected chi connectivity index (χ4v) is 6.67. The van der Waals surface area contributed by atoms with Crippen LogP contribution in [0.2, 0.25) is 0 Å². The largest absolute Gasteiger partial charge is 0.482 e. The van der Waals surface area contributed by atoms with E-state index in [9.17, 15) is 18.0 Å². The Balaban J connectivity index is 1.36. The molecule has 2 heterocycles. The maximum atomic E-state index is 13.3. The van der Waals surface area contributed by atoms with Crippen LogP contribution in [-0.2, 0) is 26.0 Å². The van der Waals surface area contributed by atoms with E-state index in [1.54, 1.807) is 6.07 Å². The molecule has 0 bridgehead atoms. The van der Waals surface area contributed by atoms with Crippen LogP contribution in [0.15, 0.2) is 47.4 Å². The molecule has 0 aromatic heterocycles. The molecule has 2 amide bonds. The molecule has 2 aromatic carbocycles. The molecule has 0 spiro atoms. The van der Waals surface area contributed by atoms with Crippen molar-refractivity contribution in [2.75, 3.05) is 31.1 Å². The maximum absolute atomic E-state index is 13.3. The highest BCUT2D eigenvalue weighted by molar-refractivity contribution is 7.89. The second-order valence-corrected chi connectivity index (χ2v) is 11.6. The number of carbonyl (C=O) groups excluding carboxylic acids is 2. The molecule has 186 valence electrons. The van der Waals surface area contributed by atoms with Crippen LogP contribution in [0.4, 0.5) is 5.69 Å². The topological polar surface area (TPSA) is 96.0 Å². The van der Waals surface area contributed by atoms with E-state index >= 15 is 0 Å². The molecule has 5 rings (SSSR count). The van der Waals surface area contributed by atoms with Gasteiger partial charge in [0.25, 0.3) is 5.91 Å². The van der Waals surface area contributed by atoms with Crippen LogP contribution < -0.4 is 15.0 Å². The van der Waals surface area contributed by atoms with Gasteiger partial charge in [0.2, 0.25) is 15.9 Å². The van der Waals surface area contributed by atoms with Crippen LogP contribution in [0.5, 0.6) is 5.75 Å². The van der Waals surface area contributed by atoms with Crippen molar-refractivity contribution in [1.29, 1.82) is 0 Å². The first kappa shape index (κ1) is 23.8. The molecule has 0 saturated carbocycles. The summed E-state index contributed by atoms with van der Waals surface area (Å²) in [6.07, 6.45) is 4.46. The van der Waals surface area contributed by atoms with E-state index in [1.807, 2.05) is 18.2 Å². The number of nitrogens with zero attached hydrogens (tertiary/aromatic N) is 2. The molecule has 1 saturated heterocycles. The van der Waals surface area contributed by atoms with Crippen LogP contribution in [0.1, 0.15) is 49.8 Å². The molecule has 8 nitrogen and oxygen atoms in total. The second kappa shape index (κ2) is 9.62. The highest BCUT2D eigenvalue weighted by Crippen LogP contribution is 2.36. The number of amides is 2. The fraction of sp³-hybridized carbons (Fsp3) is 0.462. The Kier molecular flexibility index (Phi) is 6.55. The third kappa shape index (κ3) is 4.79. The molecule has 3 aliphatic rings. The molecule has 35 heavy (non-hydrogen) atoms. The number of rotatable bonds is 5. The summed E-state index contributed by atoms with van der Waals surface area (Å²) < 4.78 is 33.6. The number of ether oxygens (including phenoxy) is 1. The van der Waals surface area contributed by atoms with Gasteiger partial charge in [0.1, 0.15) is 12.3 Å². The molecule has 1 aliphatic carbocycles. The third-order valence-electron chi connectivity index (χ3n) is 7.26. The van der Waals surface area contributed by atoms with E-state index < -0.39 is 10.0 Å².